The Hall–Kier alpha value is -9.24. The van der Waals surface area contributed by atoms with Gasteiger partial charge in [-0.2, -0.15) is 0 Å². The Morgan fingerprint density at radius 3 is 0.742 bits per heavy atom. The zero-order valence-electron chi connectivity index (χ0n) is 50.3. The summed E-state index contributed by atoms with van der Waals surface area (Å²) in [4.78, 5) is 249. The van der Waals surface area contributed by atoms with Gasteiger partial charge in [0.15, 0.2) is 40.5 Å². The molecule has 34 nitrogen and oxygen atoms in total. The van der Waals surface area contributed by atoms with E-state index in [1.807, 2.05) is 0 Å². The summed E-state index contributed by atoms with van der Waals surface area (Å²) >= 11 is 0. The van der Waals surface area contributed by atoms with E-state index in [1.54, 1.807) is 20.8 Å². The summed E-state index contributed by atoms with van der Waals surface area (Å²) in [6.07, 6.45) is -3.46. The van der Waals surface area contributed by atoms with Crippen LogP contribution in [0.15, 0.2) is 0 Å². The molecule has 0 heterocycles. The smallest absolute Gasteiger partial charge is 0.323 e. The molecule has 0 saturated heterocycles. The van der Waals surface area contributed by atoms with Crippen LogP contribution in [0.3, 0.4) is 0 Å². The molecule has 89 heavy (non-hydrogen) atoms. The van der Waals surface area contributed by atoms with E-state index < -0.39 is 198 Å². The number of amides is 10. The summed E-state index contributed by atoms with van der Waals surface area (Å²) in [6, 6.07) is 0. The molecule has 10 amide bonds. The largest absolute Gasteiger partial charge is 0.480 e. The van der Waals surface area contributed by atoms with Crippen molar-refractivity contribution in [2.45, 2.75) is 130 Å². The van der Waals surface area contributed by atoms with Crippen molar-refractivity contribution in [2.24, 2.45) is 11.1 Å². The van der Waals surface area contributed by atoms with Gasteiger partial charge in [-0.1, -0.05) is 20.8 Å². The molecule has 496 valence electrons. The monoisotopic (exact) mass is 1270 g/mol. The van der Waals surface area contributed by atoms with Crippen molar-refractivity contribution in [3.8, 4) is 0 Å². The van der Waals surface area contributed by atoms with Crippen molar-refractivity contribution in [1.82, 2.24) is 51.9 Å². The molecule has 0 aromatic heterocycles. The molecule has 0 unspecified atom stereocenters. The second-order valence-electron chi connectivity index (χ2n) is 20.4. The first-order valence-electron chi connectivity index (χ1n) is 28.5. The van der Waals surface area contributed by atoms with Crippen LogP contribution < -0.4 is 43.0 Å². The van der Waals surface area contributed by atoms with Gasteiger partial charge in [-0.3, -0.25) is 95.9 Å². The van der Waals surface area contributed by atoms with Gasteiger partial charge >= 0.3 is 17.9 Å². The van der Waals surface area contributed by atoms with Gasteiger partial charge < -0.3 is 73.0 Å². The van der Waals surface area contributed by atoms with Crippen molar-refractivity contribution < 1.29 is 111 Å². The van der Waals surface area contributed by atoms with Crippen LogP contribution in [0.4, 0.5) is 0 Å². The number of nitrogens with one attached hydrogen (secondary N) is 7. The Kier molecular flexibility index (Phi) is 39.6. The molecule has 34 heteroatoms. The van der Waals surface area contributed by atoms with Gasteiger partial charge in [0.05, 0.1) is 72.0 Å². The highest BCUT2D eigenvalue weighted by atomic mass is 16.4. The molecule has 0 bridgehead atoms. The Morgan fingerprint density at radius 2 is 0.517 bits per heavy atom. The van der Waals surface area contributed by atoms with Gasteiger partial charge in [0.2, 0.25) is 59.1 Å². The highest BCUT2D eigenvalue weighted by molar-refractivity contribution is 5.96. The Bertz CT molecular complexity index is 2520. The first-order chi connectivity index (χ1) is 41.9. The Balaban J connectivity index is 5.54. The van der Waals surface area contributed by atoms with Crippen LogP contribution >= 0.6 is 0 Å². The molecular weight excluding hydrogens is 1180 g/mol. The predicted molar refractivity (Wildman–Crippen MR) is 306 cm³/mol. The number of Topliss-reactive ketones (excluding diaryl/α,β-unsaturated/α-hetero) is 7. The van der Waals surface area contributed by atoms with E-state index >= 15 is 0 Å². The SMILES string of the molecule is CCC(=O)NCC(=O)CCC(CCC(=O)CNC(=O)CC)(CCC(=O)CNC(=O)CC)CCC(=O)CNC(=O)CCC(=O)CN(CC(=O)O)C(=O)CNC(=O)CCC(=O)CN(CC(=O)O)C(=O)CNC(=O)CCC(=O)CN(CC(=O)O)C(=O)CNC(=O)CN. The molecule has 0 aliphatic heterocycles. The lowest BCUT2D eigenvalue weighted by Gasteiger charge is -2.34. The molecule has 0 radical (unpaired) electrons. The third kappa shape index (κ3) is 39.2. The molecule has 0 atom stereocenters. The highest BCUT2D eigenvalue weighted by Gasteiger charge is 2.33. The van der Waals surface area contributed by atoms with Crippen molar-refractivity contribution in [3.63, 3.8) is 0 Å². The van der Waals surface area contributed by atoms with Gasteiger partial charge in [-0.25, -0.2) is 0 Å². The molecule has 0 saturated carbocycles. The summed E-state index contributed by atoms with van der Waals surface area (Å²) < 4.78 is 0. The van der Waals surface area contributed by atoms with E-state index in [0.717, 1.165) is 0 Å². The molecule has 12 N–H and O–H groups in total. The average molecular weight is 1270 g/mol. The van der Waals surface area contributed by atoms with Gasteiger partial charge in [0, 0.05) is 83.5 Å². The van der Waals surface area contributed by atoms with Gasteiger partial charge in [-0.05, 0) is 31.1 Å². The van der Waals surface area contributed by atoms with E-state index in [2.05, 4.69) is 37.2 Å². The Labute approximate surface area is 512 Å². The maximum atomic E-state index is 13.3. The number of hydrogen-bond donors (Lipinski definition) is 11. The number of ketones is 7. The summed E-state index contributed by atoms with van der Waals surface area (Å²) in [5.41, 5.74) is 4.12. The van der Waals surface area contributed by atoms with Crippen LogP contribution in [0.1, 0.15) is 130 Å². The second kappa shape index (κ2) is 44.2. The number of carboxylic acids is 3. The number of hydrogen-bond acceptors (Lipinski definition) is 21. The van der Waals surface area contributed by atoms with Crippen LogP contribution in [-0.2, 0) is 95.9 Å². The topological polar surface area (TPSA) is 522 Å². The molecule has 0 aromatic rings. The van der Waals surface area contributed by atoms with Crippen molar-refractivity contribution in [2.75, 3.05) is 91.6 Å². The van der Waals surface area contributed by atoms with Crippen LogP contribution in [0.5, 0.6) is 0 Å². The lowest BCUT2D eigenvalue weighted by Crippen LogP contribution is -2.46. The highest BCUT2D eigenvalue weighted by Crippen LogP contribution is 2.40. The first kappa shape index (κ1) is 79.8. The third-order valence-electron chi connectivity index (χ3n) is 13.2. The Morgan fingerprint density at radius 1 is 0.292 bits per heavy atom. The number of aliphatic carboxylic acids is 3. The normalized spacial score (nSPS) is 10.7. The zero-order valence-corrected chi connectivity index (χ0v) is 50.3. The number of nitrogens with two attached hydrogens (primary N) is 1. The van der Waals surface area contributed by atoms with Crippen molar-refractivity contribution in [3.05, 3.63) is 0 Å². The minimum absolute atomic E-state index is 0.0125. The number of carbonyl (C=O) groups is 20. The van der Waals surface area contributed by atoms with Crippen molar-refractivity contribution in [1.29, 1.82) is 0 Å². The van der Waals surface area contributed by atoms with E-state index in [-0.39, 0.29) is 125 Å². The summed E-state index contributed by atoms with van der Waals surface area (Å²) in [5.74, 6) is -16.3. The number of rotatable bonds is 51. The van der Waals surface area contributed by atoms with Gasteiger partial charge in [0.1, 0.15) is 19.6 Å². The molecule has 0 aliphatic carbocycles. The van der Waals surface area contributed by atoms with E-state index in [4.69, 9.17) is 10.8 Å². The minimum atomic E-state index is -1.57. The average Bonchev–Trinajstić information content (AvgIpc) is 3.37. The van der Waals surface area contributed by atoms with Crippen LogP contribution in [0, 0.1) is 5.41 Å². The van der Waals surface area contributed by atoms with Crippen LogP contribution in [-0.4, -0.2) is 239 Å². The molecule has 0 aliphatic rings. The third-order valence-corrected chi connectivity index (χ3v) is 13.2. The van der Waals surface area contributed by atoms with Crippen LogP contribution in [0.25, 0.3) is 0 Å². The molecule has 0 fully saturated rings. The molecular formula is C55H83N11O23. The summed E-state index contributed by atoms with van der Waals surface area (Å²) in [7, 11) is 0. The maximum absolute atomic E-state index is 13.3. The zero-order chi connectivity index (χ0) is 67.6. The van der Waals surface area contributed by atoms with E-state index in [0.29, 0.717) is 14.7 Å². The predicted octanol–water partition coefficient (Wildman–Crippen LogP) is -4.84. The fourth-order valence-electron chi connectivity index (χ4n) is 7.90. The maximum Gasteiger partial charge on any atom is 0.323 e. The van der Waals surface area contributed by atoms with Crippen molar-refractivity contribution >= 4 is 117 Å². The molecule has 0 spiro atoms. The lowest BCUT2D eigenvalue weighted by molar-refractivity contribution is -0.146. The van der Waals surface area contributed by atoms with Crippen LogP contribution in [0.2, 0.25) is 0 Å². The standard InChI is InChI=1S/C55H83N11O23/c1-4-42(74)57-22-35(67)13-17-55(18-14-36(68)23-58-43(75)5-2,19-15-37(69)24-59-44(76)6-3)20-16-38(70)25-60-45(77)10-7-39(71)29-64(32-52(84)85)49(81)26-61-46(78)11-8-40(72)30-65(33-53(86)87)50(82)27-62-47(79)12-9-41(73)31-66(34-54(88)89)51(83)28-63-48(80)21-56/h4-34,56H2,1-3H3,(H,57,74)(H,58,75)(H,59,76)(H,60,77)(H,61,78)(H,62,79)(H,63,80)(H,84,85)(H,86,87)(H,88,89). The second-order valence-corrected chi connectivity index (χ2v) is 20.4. The van der Waals surface area contributed by atoms with Gasteiger partial charge in [0.25, 0.3) is 0 Å². The lowest BCUT2D eigenvalue weighted by atomic mass is 9.70. The molecule has 0 rings (SSSR count). The van der Waals surface area contributed by atoms with Gasteiger partial charge in [-0.15, -0.1) is 0 Å². The number of carbonyl (C=O) groups excluding carboxylic acids is 17. The fraction of sp³-hybridized carbons (Fsp3) is 0.636. The fourth-order valence-corrected chi connectivity index (χ4v) is 7.90. The number of carboxylic acid groups (broad SMARTS) is 3. The first-order valence-corrected chi connectivity index (χ1v) is 28.5. The van der Waals surface area contributed by atoms with E-state index in [1.165, 1.54) is 0 Å². The van der Waals surface area contributed by atoms with E-state index in [9.17, 15) is 106 Å². The molecule has 0 aromatic carbocycles. The quantitative estimate of drug-likeness (QED) is 0.0272. The minimum Gasteiger partial charge on any atom is -0.480 e. The summed E-state index contributed by atoms with van der Waals surface area (Å²) in [5, 5.41) is 44.1. The number of nitrogens with zero attached hydrogens (tertiary/aromatic N) is 3. The summed E-state index contributed by atoms with van der Waals surface area (Å²) in [6.45, 7) is -4.97.